The predicted molar refractivity (Wildman–Crippen MR) is 48.5 cm³/mol. The van der Waals surface area contributed by atoms with E-state index in [0.29, 0.717) is 10.4 Å². The number of azide groups is 1. The largest absolute Gasteiger partial charge is 0.465 e. The van der Waals surface area contributed by atoms with Gasteiger partial charge in [0.05, 0.1) is 13.7 Å². The number of hydrogen-bond acceptors (Lipinski definition) is 4. The Labute approximate surface area is 78.6 Å². The van der Waals surface area contributed by atoms with Gasteiger partial charge in [-0.2, -0.15) is 0 Å². The topological polar surface area (TPSA) is 75.1 Å². The molecule has 0 aliphatic heterocycles. The molecule has 0 aliphatic carbocycles. The monoisotopic (exact) mass is 197 g/mol. The third kappa shape index (κ3) is 2.21. The summed E-state index contributed by atoms with van der Waals surface area (Å²) in [7, 11) is 1.32. The maximum absolute atomic E-state index is 11.1. The van der Waals surface area contributed by atoms with Crippen molar-refractivity contribution in [2.24, 2.45) is 5.11 Å². The number of thiophene rings is 1. The second kappa shape index (κ2) is 4.49. The minimum absolute atomic E-state index is 0.185. The van der Waals surface area contributed by atoms with Gasteiger partial charge in [0, 0.05) is 4.91 Å². The van der Waals surface area contributed by atoms with Crippen LogP contribution in [-0.2, 0) is 11.3 Å². The lowest BCUT2D eigenvalue weighted by Gasteiger charge is -1.97. The van der Waals surface area contributed by atoms with E-state index in [1.54, 1.807) is 11.4 Å². The van der Waals surface area contributed by atoms with E-state index in [1.165, 1.54) is 18.4 Å². The second-order valence-corrected chi connectivity index (χ2v) is 3.07. The Morgan fingerprint density at radius 2 is 2.62 bits per heavy atom. The summed E-state index contributed by atoms with van der Waals surface area (Å²) in [5.41, 5.74) is 8.80. The molecule has 0 radical (unpaired) electrons. The maximum atomic E-state index is 11.1. The molecule has 0 amide bonds. The third-order valence-corrected chi connectivity index (χ3v) is 2.36. The molecule has 0 fully saturated rings. The number of carbonyl (C=O) groups is 1. The van der Waals surface area contributed by atoms with Crippen molar-refractivity contribution < 1.29 is 9.53 Å². The molecule has 0 N–H and O–H groups in total. The Morgan fingerprint density at radius 1 is 1.85 bits per heavy atom. The molecule has 1 aromatic heterocycles. The fraction of sp³-hybridized carbons (Fsp3) is 0.286. The highest BCUT2D eigenvalue weighted by Gasteiger charge is 2.11. The number of carbonyl (C=O) groups excluding carboxylic acids is 1. The van der Waals surface area contributed by atoms with E-state index in [9.17, 15) is 4.79 Å². The lowest BCUT2D eigenvalue weighted by molar-refractivity contribution is 0.0605. The first kappa shape index (κ1) is 9.57. The number of methoxy groups -OCH3 is 1. The normalized spacial score (nSPS) is 9.00. The summed E-state index contributed by atoms with van der Waals surface area (Å²) in [5.74, 6) is -0.391. The average Bonchev–Trinajstić information content (AvgIpc) is 2.61. The first-order valence-electron chi connectivity index (χ1n) is 3.45. The SMILES string of the molecule is COC(=O)c1sccc1CN=[N+]=[N-]. The van der Waals surface area contributed by atoms with Crippen molar-refractivity contribution in [2.45, 2.75) is 6.54 Å². The molecule has 0 saturated heterocycles. The molecule has 13 heavy (non-hydrogen) atoms. The van der Waals surface area contributed by atoms with Crippen molar-refractivity contribution in [1.82, 2.24) is 0 Å². The first-order valence-corrected chi connectivity index (χ1v) is 4.33. The van der Waals surface area contributed by atoms with E-state index < -0.39 is 5.97 Å². The standard InChI is InChI=1S/C7H7N3O2S/c1-12-7(11)6-5(2-3-13-6)4-9-10-8/h2-3H,4H2,1H3. The molecule has 68 valence electrons. The molecule has 1 rings (SSSR count). The zero-order chi connectivity index (χ0) is 9.68. The van der Waals surface area contributed by atoms with Crippen LogP contribution in [0.5, 0.6) is 0 Å². The van der Waals surface area contributed by atoms with Crippen molar-refractivity contribution in [3.63, 3.8) is 0 Å². The zero-order valence-corrected chi connectivity index (χ0v) is 7.74. The average molecular weight is 197 g/mol. The van der Waals surface area contributed by atoms with Crippen LogP contribution in [0.3, 0.4) is 0 Å². The Morgan fingerprint density at radius 3 is 3.23 bits per heavy atom. The quantitative estimate of drug-likeness (QED) is 0.323. The molecular weight excluding hydrogens is 190 g/mol. The molecular formula is C7H7N3O2S. The second-order valence-electron chi connectivity index (χ2n) is 2.16. The van der Waals surface area contributed by atoms with Gasteiger partial charge >= 0.3 is 5.97 Å². The number of ether oxygens (including phenoxy) is 1. The summed E-state index contributed by atoms with van der Waals surface area (Å²) in [5, 5.41) is 5.13. The van der Waals surface area contributed by atoms with Crippen molar-refractivity contribution in [2.75, 3.05) is 7.11 Å². The van der Waals surface area contributed by atoms with Gasteiger partial charge in [0.15, 0.2) is 0 Å². The Kier molecular flexibility index (Phi) is 3.31. The molecule has 0 spiro atoms. The summed E-state index contributed by atoms with van der Waals surface area (Å²) >= 11 is 1.27. The van der Waals surface area contributed by atoms with E-state index in [2.05, 4.69) is 14.8 Å². The van der Waals surface area contributed by atoms with Gasteiger partial charge in [-0.15, -0.1) is 11.3 Å². The van der Waals surface area contributed by atoms with Crippen LogP contribution in [0, 0.1) is 0 Å². The number of hydrogen-bond donors (Lipinski definition) is 0. The van der Waals surface area contributed by atoms with Gasteiger partial charge in [-0.05, 0) is 22.5 Å². The van der Waals surface area contributed by atoms with Crippen LogP contribution >= 0.6 is 11.3 Å². The van der Waals surface area contributed by atoms with Gasteiger partial charge < -0.3 is 4.74 Å². The maximum Gasteiger partial charge on any atom is 0.348 e. The number of esters is 1. The van der Waals surface area contributed by atoms with Gasteiger partial charge in [-0.3, -0.25) is 0 Å². The highest BCUT2D eigenvalue weighted by atomic mass is 32.1. The highest BCUT2D eigenvalue weighted by molar-refractivity contribution is 7.12. The molecule has 0 unspecified atom stereocenters. The Bertz CT molecular complexity index is 354. The van der Waals surface area contributed by atoms with E-state index in [4.69, 9.17) is 5.53 Å². The van der Waals surface area contributed by atoms with E-state index in [0.717, 1.165) is 0 Å². The minimum Gasteiger partial charge on any atom is -0.465 e. The molecule has 1 heterocycles. The summed E-state index contributed by atoms with van der Waals surface area (Å²) < 4.78 is 4.55. The number of rotatable bonds is 3. The Balaban J connectivity index is 2.88. The first-order chi connectivity index (χ1) is 6.29. The summed E-state index contributed by atoms with van der Waals surface area (Å²) in [6.45, 7) is 0.185. The van der Waals surface area contributed by atoms with E-state index in [-0.39, 0.29) is 6.54 Å². The third-order valence-electron chi connectivity index (χ3n) is 1.42. The molecule has 0 atom stereocenters. The Hall–Kier alpha value is -1.52. The summed E-state index contributed by atoms with van der Waals surface area (Å²) in [6.07, 6.45) is 0. The molecule has 5 nitrogen and oxygen atoms in total. The summed E-state index contributed by atoms with van der Waals surface area (Å²) in [4.78, 5) is 14.2. The lowest BCUT2D eigenvalue weighted by atomic mass is 10.2. The molecule has 0 saturated carbocycles. The zero-order valence-electron chi connectivity index (χ0n) is 6.93. The van der Waals surface area contributed by atoms with Crippen molar-refractivity contribution in [3.05, 3.63) is 32.3 Å². The smallest absolute Gasteiger partial charge is 0.348 e. The van der Waals surface area contributed by atoms with Crippen LogP contribution in [0.4, 0.5) is 0 Å². The minimum atomic E-state index is -0.391. The predicted octanol–water partition coefficient (Wildman–Crippen LogP) is 2.35. The molecule has 0 aromatic carbocycles. The molecule has 0 bridgehead atoms. The van der Waals surface area contributed by atoms with Crippen LogP contribution in [0.15, 0.2) is 16.6 Å². The van der Waals surface area contributed by atoms with Crippen molar-refractivity contribution >= 4 is 17.3 Å². The molecule has 0 aliphatic rings. The van der Waals surface area contributed by atoms with Crippen molar-refractivity contribution in [1.29, 1.82) is 0 Å². The van der Waals surface area contributed by atoms with Gasteiger partial charge in [-0.25, -0.2) is 4.79 Å². The fourth-order valence-electron chi connectivity index (χ4n) is 0.840. The van der Waals surface area contributed by atoms with E-state index in [1.807, 2.05) is 0 Å². The summed E-state index contributed by atoms with van der Waals surface area (Å²) in [6, 6.07) is 1.74. The van der Waals surface area contributed by atoms with Gasteiger partial charge in [0.2, 0.25) is 0 Å². The van der Waals surface area contributed by atoms with Gasteiger partial charge in [0.25, 0.3) is 0 Å². The van der Waals surface area contributed by atoms with Crippen LogP contribution in [0.25, 0.3) is 10.4 Å². The van der Waals surface area contributed by atoms with Gasteiger partial charge in [0.1, 0.15) is 4.88 Å². The van der Waals surface area contributed by atoms with Crippen LogP contribution in [0.1, 0.15) is 15.2 Å². The van der Waals surface area contributed by atoms with Crippen LogP contribution < -0.4 is 0 Å². The molecule has 6 heteroatoms. The number of nitrogens with zero attached hydrogens (tertiary/aromatic N) is 3. The lowest BCUT2D eigenvalue weighted by Crippen LogP contribution is -2.00. The molecule has 1 aromatic rings. The van der Waals surface area contributed by atoms with E-state index >= 15 is 0 Å². The fourth-order valence-corrected chi connectivity index (χ4v) is 1.67. The highest BCUT2D eigenvalue weighted by Crippen LogP contribution is 2.18. The van der Waals surface area contributed by atoms with Crippen molar-refractivity contribution in [3.8, 4) is 0 Å². The van der Waals surface area contributed by atoms with Gasteiger partial charge in [-0.1, -0.05) is 5.11 Å². The van der Waals surface area contributed by atoms with Crippen LogP contribution in [0.2, 0.25) is 0 Å². The van der Waals surface area contributed by atoms with Crippen LogP contribution in [-0.4, -0.2) is 13.1 Å².